The Kier molecular flexibility index (Phi) is 5.89. The summed E-state index contributed by atoms with van der Waals surface area (Å²) in [6, 6.07) is 2.07. The lowest BCUT2D eigenvalue weighted by atomic mass is 10.3. The monoisotopic (exact) mass is 283 g/mol. The van der Waals surface area contributed by atoms with Gasteiger partial charge < -0.3 is 5.32 Å². The molecule has 0 saturated carbocycles. The summed E-state index contributed by atoms with van der Waals surface area (Å²) in [5.41, 5.74) is 2.24. The van der Waals surface area contributed by atoms with E-state index in [2.05, 4.69) is 41.6 Å². The van der Waals surface area contributed by atoms with Crippen LogP contribution in [0.5, 0.6) is 0 Å². The number of hydrogen-bond donors (Lipinski definition) is 1. The average Bonchev–Trinajstić information content (AvgIpc) is 2.93. The summed E-state index contributed by atoms with van der Waals surface area (Å²) in [7, 11) is 0. The number of rotatable bonds is 6. The molecule has 5 nitrogen and oxygen atoms in total. The van der Waals surface area contributed by atoms with E-state index in [-0.39, 0.29) is 12.4 Å². The van der Waals surface area contributed by atoms with Gasteiger partial charge in [0.15, 0.2) is 0 Å². The first-order chi connectivity index (χ1) is 8.72. The van der Waals surface area contributed by atoms with Crippen LogP contribution in [0.1, 0.15) is 31.5 Å². The number of halogens is 1. The normalized spacial score (nSPS) is 10.3. The zero-order valence-corrected chi connectivity index (χ0v) is 12.6. The van der Waals surface area contributed by atoms with Crippen molar-refractivity contribution in [2.24, 2.45) is 0 Å². The number of aryl methyl sites for hydroxylation is 3. The maximum Gasteiger partial charge on any atom is 0.124 e. The Morgan fingerprint density at radius 3 is 2.79 bits per heavy atom. The third-order valence-electron chi connectivity index (χ3n) is 2.81. The van der Waals surface area contributed by atoms with Crippen molar-refractivity contribution in [1.29, 1.82) is 0 Å². The molecule has 2 aromatic rings. The quantitative estimate of drug-likeness (QED) is 0.887. The molecule has 2 aromatic heterocycles. The van der Waals surface area contributed by atoms with E-state index in [1.54, 1.807) is 0 Å². The van der Waals surface area contributed by atoms with Gasteiger partial charge in [0.1, 0.15) is 5.82 Å². The molecular formula is C13H22ClN5. The second-order valence-corrected chi connectivity index (χ2v) is 4.45. The van der Waals surface area contributed by atoms with Crippen LogP contribution in [-0.2, 0) is 19.6 Å². The van der Waals surface area contributed by atoms with Crippen LogP contribution in [-0.4, -0.2) is 19.6 Å². The van der Waals surface area contributed by atoms with E-state index in [1.165, 1.54) is 5.56 Å². The predicted octanol–water partition coefficient (Wildman–Crippen LogP) is 2.85. The topological polar surface area (TPSA) is 47.7 Å². The van der Waals surface area contributed by atoms with Crippen molar-refractivity contribution in [1.82, 2.24) is 19.6 Å². The van der Waals surface area contributed by atoms with Crippen molar-refractivity contribution < 1.29 is 0 Å². The largest absolute Gasteiger partial charge is 0.366 e. The minimum atomic E-state index is 0. The molecule has 106 valence electrons. The predicted molar refractivity (Wildman–Crippen MR) is 79.7 cm³/mol. The van der Waals surface area contributed by atoms with Crippen LogP contribution in [0.2, 0.25) is 0 Å². The van der Waals surface area contributed by atoms with Gasteiger partial charge in [0.05, 0.1) is 11.9 Å². The Labute approximate surface area is 120 Å². The smallest absolute Gasteiger partial charge is 0.124 e. The molecule has 2 heterocycles. The van der Waals surface area contributed by atoms with Crippen LogP contribution >= 0.6 is 12.4 Å². The van der Waals surface area contributed by atoms with E-state index in [0.717, 1.165) is 37.6 Å². The molecule has 0 atom stereocenters. The van der Waals surface area contributed by atoms with E-state index in [9.17, 15) is 0 Å². The number of aromatic nitrogens is 4. The number of hydrogen-bond acceptors (Lipinski definition) is 3. The molecule has 0 radical (unpaired) electrons. The van der Waals surface area contributed by atoms with E-state index < -0.39 is 0 Å². The van der Waals surface area contributed by atoms with Crippen molar-refractivity contribution in [2.45, 2.75) is 46.8 Å². The Hall–Kier alpha value is -1.49. The summed E-state index contributed by atoms with van der Waals surface area (Å²) in [6.07, 6.45) is 5.12. The van der Waals surface area contributed by atoms with Gasteiger partial charge in [-0.25, -0.2) is 4.68 Å². The standard InChI is InChI=1S/C13H21N5.ClH/c1-4-6-17-10-12(9-15-17)8-14-13-7-11(3)16-18(13)5-2;/h7,9-10,14H,4-6,8H2,1-3H3;1H. The molecule has 1 N–H and O–H groups in total. The molecule has 0 aliphatic heterocycles. The molecule has 0 bridgehead atoms. The summed E-state index contributed by atoms with van der Waals surface area (Å²) in [4.78, 5) is 0. The number of nitrogens with zero attached hydrogens (tertiary/aromatic N) is 4. The highest BCUT2D eigenvalue weighted by atomic mass is 35.5. The van der Waals surface area contributed by atoms with E-state index >= 15 is 0 Å². The summed E-state index contributed by atoms with van der Waals surface area (Å²) < 4.78 is 3.96. The van der Waals surface area contributed by atoms with Crippen molar-refractivity contribution in [3.8, 4) is 0 Å². The fourth-order valence-corrected chi connectivity index (χ4v) is 1.97. The molecule has 6 heteroatoms. The van der Waals surface area contributed by atoms with Gasteiger partial charge >= 0.3 is 0 Å². The molecule has 2 rings (SSSR count). The van der Waals surface area contributed by atoms with Gasteiger partial charge in [-0.3, -0.25) is 4.68 Å². The molecular weight excluding hydrogens is 262 g/mol. The summed E-state index contributed by atoms with van der Waals surface area (Å²) in [5.74, 6) is 1.07. The lowest BCUT2D eigenvalue weighted by Gasteiger charge is -2.06. The average molecular weight is 284 g/mol. The fourth-order valence-electron chi connectivity index (χ4n) is 1.97. The number of anilines is 1. The molecule has 0 saturated heterocycles. The highest BCUT2D eigenvalue weighted by Crippen LogP contribution is 2.11. The lowest BCUT2D eigenvalue weighted by Crippen LogP contribution is -2.06. The first-order valence-corrected chi connectivity index (χ1v) is 6.52. The molecule has 0 aromatic carbocycles. The fraction of sp³-hybridized carbons (Fsp3) is 0.538. The zero-order chi connectivity index (χ0) is 13.0. The van der Waals surface area contributed by atoms with Crippen molar-refractivity contribution in [3.05, 3.63) is 29.7 Å². The molecule has 0 unspecified atom stereocenters. The minimum Gasteiger partial charge on any atom is -0.366 e. The van der Waals surface area contributed by atoms with Crippen molar-refractivity contribution in [3.63, 3.8) is 0 Å². The van der Waals surface area contributed by atoms with Crippen LogP contribution in [0.3, 0.4) is 0 Å². The third-order valence-corrected chi connectivity index (χ3v) is 2.81. The van der Waals surface area contributed by atoms with Gasteiger partial charge in [-0.15, -0.1) is 12.4 Å². The highest BCUT2D eigenvalue weighted by Gasteiger charge is 2.04. The zero-order valence-electron chi connectivity index (χ0n) is 11.8. The molecule has 0 amide bonds. The van der Waals surface area contributed by atoms with Gasteiger partial charge in [-0.2, -0.15) is 10.2 Å². The van der Waals surface area contributed by atoms with Crippen molar-refractivity contribution in [2.75, 3.05) is 5.32 Å². The van der Waals surface area contributed by atoms with Crippen LogP contribution in [0.25, 0.3) is 0 Å². The van der Waals surface area contributed by atoms with Gasteiger partial charge in [0.25, 0.3) is 0 Å². The van der Waals surface area contributed by atoms with E-state index in [0.29, 0.717) is 0 Å². The van der Waals surface area contributed by atoms with Crippen LogP contribution < -0.4 is 5.32 Å². The van der Waals surface area contributed by atoms with Gasteiger partial charge in [0, 0.05) is 37.5 Å². The van der Waals surface area contributed by atoms with Gasteiger partial charge in [-0.1, -0.05) is 6.92 Å². The van der Waals surface area contributed by atoms with Crippen LogP contribution in [0.4, 0.5) is 5.82 Å². The molecule has 19 heavy (non-hydrogen) atoms. The molecule has 0 spiro atoms. The minimum absolute atomic E-state index is 0. The Balaban J connectivity index is 0.00000180. The molecule has 0 fully saturated rings. The molecule has 0 aliphatic rings. The maximum atomic E-state index is 4.41. The Morgan fingerprint density at radius 2 is 2.11 bits per heavy atom. The summed E-state index contributed by atoms with van der Waals surface area (Å²) >= 11 is 0. The van der Waals surface area contributed by atoms with Crippen LogP contribution in [0, 0.1) is 6.92 Å². The van der Waals surface area contributed by atoms with Crippen molar-refractivity contribution >= 4 is 18.2 Å². The number of nitrogens with one attached hydrogen (secondary N) is 1. The Bertz CT molecular complexity index is 503. The third kappa shape index (κ3) is 3.99. The highest BCUT2D eigenvalue weighted by molar-refractivity contribution is 5.85. The Morgan fingerprint density at radius 1 is 1.32 bits per heavy atom. The first kappa shape index (κ1) is 15.6. The SMILES string of the molecule is CCCn1cc(CNc2cc(C)nn2CC)cn1.Cl. The molecule has 0 aliphatic carbocycles. The maximum absolute atomic E-state index is 4.41. The first-order valence-electron chi connectivity index (χ1n) is 6.52. The van der Waals surface area contributed by atoms with Crippen LogP contribution in [0.15, 0.2) is 18.5 Å². The second kappa shape index (κ2) is 7.19. The van der Waals surface area contributed by atoms with E-state index in [1.807, 2.05) is 22.5 Å². The second-order valence-electron chi connectivity index (χ2n) is 4.45. The van der Waals surface area contributed by atoms with Gasteiger partial charge in [-0.05, 0) is 20.3 Å². The van der Waals surface area contributed by atoms with Gasteiger partial charge in [0.2, 0.25) is 0 Å². The summed E-state index contributed by atoms with van der Waals surface area (Å²) in [5, 5.41) is 12.1. The summed E-state index contributed by atoms with van der Waals surface area (Å²) in [6.45, 7) is 8.90. The lowest BCUT2D eigenvalue weighted by molar-refractivity contribution is 0.602. The van der Waals surface area contributed by atoms with E-state index in [4.69, 9.17) is 0 Å².